The Labute approximate surface area is 195 Å². The van der Waals surface area contributed by atoms with Gasteiger partial charge in [0.05, 0.1) is 13.2 Å². The zero-order valence-electron chi connectivity index (χ0n) is 18.5. The second-order valence-electron chi connectivity index (χ2n) is 7.91. The minimum absolute atomic E-state index is 0.250. The Kier molecular flexibility index (Phi) is 8.82. The van der Waals surface area contributed by atoms with Crippen LogP contribution in [0.4, 0.5) is 0 Å². The van der Waals surface area contributed by atoms with Gasteiger partial charge in [-0.15, -0.1) is 0 Å². The van der Waals surface area contributed by atoms with Crippen molar-refractivity contribution >= 4 is 10.4 Å². The lowest BCUT2D eigenvalue weighted by molar-refractivity contribution is 0.200. The molecule has 0 bridgehead atoms. The minimum atomic E-state index is -4.67. The maximum absolute atomic E-state index is 8.74. The summed E-state index contributed by atoms with van der Waals surface area (Å²) in [6.45, 7) is 0. The SMILES string of the molecule is COc1ccc([C@H](Cc2ccncc2)c2ccccc2)cc1OC1CCCC1.O=S(=O)(O)O. The molecular formula is C25H29NO6S. The molecule has 1 aliphatic carbocycles. The van der Waals surface area contributed by atoms with E-state index in [0.717, 1.165) is 30.8 Å². The third-order valence-corrected chi connectivity index (χ3v) is 5.58. The fourth-order valence-corrected chi connectivity index (χ4v) is 4.06. The summed E-state index contributed by atoms with van der Waals surface area (Å²) < 4.78 is 43.5. The molecule has 0 saturated heterocycles. The third-order valence-electron chi connectivity index (χ3n) is 5.58. The van der Waals surface area contributed by atoms with Crippen LogP contribution in [-0.4, -0.2) is 35.7 Å². The first kappa shape index (κ1) is 24.7. The second-order valence-corrected chi connectivity index (χ2v) is 8.80. The highest BCUT2D eigenvalue weighted by molar-refractivity contribution is 7.79. The Balaban J connectivity index is 0.000000555. The molecule has 1 aromatic heterocycles. The molecule has 0 spiro atoms. The van der Waals surface area contributed by atoms with E-state index in [9.17, 15) is 0 Å². The van der Waals surface area contributed by atoms with Crippen LogP contribution >= 0.6 is 0 Å². The van der Waals surface area contributed by atoms with Crippen molar-refractivity contribution < 1.29 is 27.0 Å². The summed E-state index contributed by atoms with van der Waals surface area (Å²) in [4.78, 5) is 4.16. The second kappa shape index (κ2) is 11.8. The molecule has 1 saturated carbocycles. The molecule has 1 aliphatic rings. The van der Waals surface area contributed by atoms with E-state index >= 15 is 0 Å². The summed E-state index contributed by atoms with van der Waals surface area (Å²) >= 11 is 0. The molecule has 176 valence electrons. The fourth-order valence-electron chi connectivity index (χ4n) is 4.06. The molecule has 1 atom stereocenters. The average molecular weight is 472 g/mol. The van der Waals surface area contributed by atoms with Crippen molar-refractivity contribution in [2.45, 2.75) is 44.1 Å². The average Bonchev–Trinajstić information content (AvgIpc) is 3.31. The van der Waals surface area contributed by atoms with Crippen LogP contribution in [0.3, 0.4) is 0 Å². The van der Waals surface area contributed by atoms with Crippen LogP contribution in [0.2, 0.25) is 0 Å². The Morgan fingerprint density at radius 2 is 1.58 bits per heavy atom. The van der Waals surface area contributed by atoms with Crippen LogP contribution in [0.25, 0.3) is 0 Å². The lowest BCUT2D eigenvalue weighted by Gasteiger charge is -2.22. The normalized spacial score (nSPS) is 14.8. The quantitative estimate of drug-likeness (QED) is 0.460. The van der Waals surface area contributed by atoms with Crippen LogP contribution < -0.4 is 9.47 Å². The van der Waals surface area contributed by atoms with Crippen molar-refractivity contribution in [3.05, 3.63) is 89.7 Å². The summed E-state index contributed by atoms with van der Waals surface area (Å²) in [5, 5.41) is 0. The Bertz CT molecular complexity index is 1090. The molecule has 4 rings (SSSR count). The Morgan fingerprint density at radius 1 is 0.939 bits per heavy atom. The van der Waals surface area contributed by atoms with E-state index in [1.807, 2.05) is 18.5 Å². The number of hydrogen-bond acceptors (Lipinski definition) is 5. The van der Waals surface area contributed by atoms with Gasteiger partial charge >= 0.3 is 10.4 Å². The highest BCUT2D eigenvalue weighted by atomic mass is 32.3. The number of aromatic nitrogens is 1. The zero-order valence-corrected chi connectivity index (χ0v) is 19.3. The van der Waals surface area contributed by atoms with Gasteiger partial charge < -0.3 is 9.47 Å². The van der Waals surface area contributed by atoms with Gasteiger partial charge in [-0.25, -0.2) is 0 Å². The first-order chi connectivity index (χ1) is 15.8. The van der Waals surface area contributed by atoms with Gasteiger partial charge in [-0.3, -0.25) is 14.1 Å². The maximum atomic E-state index is 8.74. The fraction of sp³-hybridized carbons (Fsp3) is 0.320. The minimum Gasteiger partial charge on any atom is -0.493 e. The number of rotatable bonds is 7. The molecule has 33 heavy (non-hydrogen) atoms. The highest BCUT2D eigenvalue weighted by Gasteiger charge is 2.21. The van der Waals surface area contributed by atoms with Crippen LogP contribution in [0, 0.1) is 0 Å². The van der Waals surface area contributed by atoms with Gasteiger partial charge in [-0.1, -0.05) is 36.4 Å². The molecule has 2 aromatic carbocycles. The molecule has 0 unspecified atom stereocenters. The van der Waals surface area contributed by atoms with Crippen LogP contribution in [0.1, 0.15) is 48.3 Å². The predicted molar refractivity (Wildman–Crippen MR) is 126 cm³/mol. The van der Waals surface area contributed by atoms with Crippen molar-refractivity contribution in [1.82, 2.24) is 4.98 Å². The van der Waals surface area contributed by atoms with Crippen molar-refractivity contribution in [1.29, 1.82) is 0 Å². The molecule has 0 aliphatic heterocycles. The summed E-state index contributed by atoms with van der Waals surface area (Å²) in [6, 6.07) is 21.3. The number of pyridine rings is 1. The first-order valence-electron chi connectivity index (χ1n) is 10.8. The molecule has 8 heteroatoms. The van der Waals surface area contributed by atoms with Crippen LogP contribution in [0.5, 0.6) is 11.5 Å². The Morgan fingerprint density at radius 3 is 2.18 bits per heavy atom. The number of nitrogens with zero attached hydrogens (tertiary/aromatic N) is 1. The van der Waals surface area contributed by atoms with Gasteiger partial charge in [0.15, 0.2) is 11.5 Å². The van der Waals surface area contributed by atoms with Gasteiger partial charge in [-0.05, 0) is 73.1 Å². The lowest BCUT2D eigenvalue weighted by Crippen LogP contribution is -2.12. The zero-order chi connectivity index (χ0) is 23.7. The van der Waals surface area contributed by atoms with E-state index < -0.39 is 10.4 Å². The molecule has 0 radical (unpaired) electrons. The molecular weight excluding hydrogens is 442 g/mol. The van der Waals surface area contributed by atoms with Gasteiger partial charge in [0.1, 0.15) is 0 Å². The van der Waals surface area contributed by atoms with Gasteiger partial charge in [0, 0.05) is 18.3 Å². The smallest absolute Gasteiger partial charge is 0.394 e. The van der Waals surface area contributed by atoms with Gasteiger partial charge in [0.2, 0.25) is 0 Å². The maximum Gasteiger partial charge on any atom is 0.394 e. The van der Waals surface area contributed by atoms with Crippen molar-refractivity contribution in [3.8, 4) is 11.5 Å². The monoisotopic (exact) mass is 471 g/mol. The van der Waals surface area contributed by atoms with Crippen molar-refractivity contribution in [2.75, 3.05) is 7.11 Å². The van der Waals surface area contributed by atoms with E-state index in [4.69, 9.17) is 27.0 Å². The van der Waals surface area contributed by atoms with Crippen LogP contribution in [0.15, 0.2) is 73.1 Å². The molecule has 2 N–H and O–H groups in total. The molecule has 1 fully saturated rings. The van der Waals surface area contributed by atoms with Gasteiger partial charge in [-0.2, -0.15) is 8.42 Å². The van der Waals surface area contributed by atoms with E-state index in [0.29, 0.717) is 6.10 Å². The number of benzene rings is 2. The number of methoxy groups -OCH3 is 1. The van der Waals surface area contributed by atoms with Gasteiger partial charge in [0.25, 0.3) is 0 Å². The van der Waals surface area contributed by atoms with Crippen LogP contribution in [-0.2, 0) is 16.8 Å². The molecule has 3 aromatic rings. The summed E-state index contributed by atoms with van der Waals surface area (Å²) in [6.07, 6.45) is 9.71. The number of ether oxygens (including phenoxy) is 2. The summed E-state index contributed by atoms with van der Waals surface area (Å²) in [5.41, 5.74) is 3.83. The highest BCUT2D eigenvalue weighted by Crippen LogP contribution is 2.37. The Hall–Kier alpha value is -2.94. The van der Waals surface area contributed by atoms with E-state index in [1.54, 1.807) is 7.11 Å². The molecule has 7 nitrogen and oxygen atoms in total. The summed E-state index contributed by atoms with van der Waals surface area (Å²) in [7, 11) is -2.96. The van der Waals surface area contributed by atoms with E-state index in [-0.39, 0.29) is 5.92 Å². The topological polar surface area (TPSA) is 106 Å². The van der Waals surface area contributed by atoms with E-state index in [1.165, 1.54) is 29.5 Å². The standard InChI is InChI=1S/C25H27NO2.H2O4S/c1-27-24-12-11-21(18-25(24)28-22-9-5-6-10-22)23(20-7-3-2-4-8-20)17-19-13-15-26-16-14-19;1-5(2,3)4/h2-4,7-8,11-16,18,22-23H,5-6,9-10,17H2,1H3;(H2,1,2,3,4)/t23-;/m1./s1. The molecule has 0 amide bonds. The van der Waals surface area contributed by atoms with E-state index in [2.05, 4.69) is 59.6 Å². The predicted octanol–water partition coefficient (Wildman–Crippen LogP) is 5.13. The van der Waals surface area contributed by atoms with Crippen molar-refractivity contribution in [3.63, 3.8) is 0 Å². The summed E-state index contributed by atoms with van der Waals surface area (Å²) in [5.74, 6) is 1.93. The first-order valence-corrected chi connectivity index (χ1v) is 12.2. The van der Waals surface area contributed by atoms with Crippen molar-refractivity contribution in [2.24, 2.45) is 0 Å². The largest absolute Gasteiger partial charge is 0.493 e. The third kappa shape index (κ3) is 8.16. The molecule has 1 heterocycles. The lowest BCUT2D eigenvalue weighted by atomic mass is 9.86. The number of hydrogen-bond donors (Lipinski definition) is 2.